The summed E-state index contributed by atoms with van der Waals surface area (Å²) in [6.07, 6.45) is 0.780. The summed E-state index contributed by atoms with van der Waals surface area (Å²) in [6, 6.07) is 5.15. The van der Waals surface area contributed by atoms with Gasteiger partial charge in [0.25, 0.3) is 0 Å². The molecule has 0 aliphatic heterocycles. The first kappa shape index (κ1) is 16.2. The normalized spacial score (nSPS) is 12.3. The van der Waals surface area contributed by atoms with Gasteiger partial charge in [0.2, 0.25) is 0 Å². The number of nitro benzene ring substituents is 1. The van der Waals surface area contributed by atoms with Crippen LogP contribution in [0.2, 0.25) is 0 Å². The smallest absolute Gasteiger partial charge is 0.333 e. The molecule has 1 unspecified atom stereocenters. The highest BCUT2D eigenvalue weighted by Gasteiger charge is 2.23. The Morgan fingerprint density at radius 2 is 2.10 bits per heavy atom. The number of para-hydroxylation sites is 1. The first-order chi connectivity index (χ1) is 9.38. The predicted octanol–water partition coefficient (Wildman–Crippen LogP) is 2.41. The molecule has 0 aliphatic carbocycles. The van der Waals surface area contributed by atoms with Crippen molar-refractivity contribution in [2.45, 2.75) is 26.3 Å². The van der Waals surface area contributed by atoms with Crippen molar-refractivity contribution in [1.29, 1.82) is 0 Å². The van der Waals surface area contributed by atoms with E-state index in [9.17, 15) is 10.1 Å². The van der Waals surface area contributed by atoms with Gasteiger partial charge >= 0.3 is 5.69 Å². The maximum Gasteiger partial charge on any atom is 0.333 e. The number of anilines is 1. The summed E-state index contributed by atoms with van der Waals surface area (Å²) in [6.45, 7) is 4.80. The molecule has 0 spiro atoms. The van der Waals surface area contributed by atoms with E-state index in [1.54, 1.807) is 18.2 Å². The summed E-state index contributed by atoms with van der Waals surface area (Å²) >= 11 is 0. The molecule has 0 radical (unpaired) electrons. The minimum absolute atomic E-state index is 0.00406. The molecule has 0 aliphatic rings. The number of hydrogen-bond acceptors (Lipinski definition) is 5. The van der Waals surface area contributed by atoms with Gasteiger partial charge in [-0.05, 0) is 24.5 Å². The van der Waals surface area contributed by atoms with Gasteiger partial charge in [-0.15, -0.1) is 0 Å². The largest absolute Gasteiger partial charge is 0.490 e. The van der Waals surface area contributed by atoms with Crippen molar-refractivity contribution < 1.29 is 9.66 Å². The number of hydrogen-bond donors (Lipinski definition) is 1. The van der Waals surface area contributed by atoms with Gasteiger partial charge < -0.3 is 15.4 Å². The van der Waals surface area contributed by atoms with Crippen molar-refractivity contribution in [3.8, 4) is 5.75 Å². The van der Waals surface area contributed by atoms with Crippen LogP contribution in [0.3, 0.4) is 0 Å². The molecule has 1 aromatic rings. The molecule has 0 saturated heterocycles. The van der Waals surface area contributed by atoms with E-state index in [1.165, 1.54) is 7.11 Å². The predicted molar refractivity (Wildman–Crippen MR) is 80.3 cm³/mol. The number of methoxy groups -OCH3 is 1. The number of ether oxygens (including phenoxy) is 1. The van der Waals surface area contributed by atoms with E-state index in [0.29, 0.717) is 18.2 Å². The Morgan fingerprint density at radius 3 is 2.60 bits per heavy atom. The molecular weight excluding hydrogens is 258 g/mol. The van der Waals surface area contributed by atoms with Crippen molar-refractivity contribution in [3.05, 3.63) is 28.3 Å². The lowest BCUT2D eigenvalue weighted by Crippen LogP contribution is -2.32. The standard InChI is InChI=1S/C14H23N3O3/c1-10(2)11(15)8-9-16(3)12-6-5-7-13(20-4)14(12)17(18)19/h5-7,10-11H,8-9,15H2,1-4H3. The van der Waals surface area contributed by atoms with E-state index in [1.807, 2.05) is 11.9 Å². The first-order valence-corrected chi connectivity index (χ1v) is 6.66. The summed E-state index contributed by atoms with van der Waals surface area (Å²) in [5, 5.41) is 11.2. The Balaban J connectivity index is 2.92. The molecular formula is C14H23N3O3. The zero-order valence-electron chi connectivity index (χ0n) is 12.5. The van der Waals surface area contributed by atoms with Crippen molar-refractivity contribution >= 4 is 11.4 Å². The van der Waals surface area contributed by atoms with E-state index in [2.05, 4.69) is 13.8 Å². The molecule has 0 fully saturated rings. The van der Waals surface area contributed by atoms with Crippen molar-refractivity contribution in [2.24, 2.45) is 11.7 Å². The molecule has 6 nitrogen and oxygen atoms in total. The molecule has 0 heterocycles. The number of rotatable bonds is 7. The Morgan fingerprint density at radius 1 is 1.45 bits per heavy atom. The number of nitrogens with zero attached hydrogens (tertiary/aromatic N) is 2. The second-order valence-corrected chi connectivity index (χ2v) is 5.20. The SMILES string of the molecule is COc1cccc(N(C)CCC(N)C(C)C)c1[N+](=O)[O-]. The van der Waals surface area contributed by atoms with Crippen molar-refractivity contribution in [3.63, 3.8) is 0 Å². The summed E-state index contributed by atoms with van der Waals surface area (Å²) in [5.74, 6) is 0.663. The minimum Gasteiger partial charge on any atom is -0.490 e. The van der Waals surface area contributed by atoms with Gasteiger partial charge in [0.15, 0.2) is 5.75 Å². The van der Waals surface area contributed by atoms with E-state index in [-0.39, 0.29) is 17.5 Å². The summed E-state index contributed by atoms with van der Waals surface area (Å²) in [4.78, 5) is 12.7. The van der Waals surface area contributed by atoms with Gasteiger partial charge in [-0.25, -0.2) is 0 Å². The van der Waals surface area contributed by atoms with Crippen molar-refractivity contribution in [2.75, 3.05) is 25.6 Å². The average molecular weight is 281 g/mol. The van der Waals surface area contributed by atoms with Crippen LogP contribution in [-0.2, 0) is 0 Å². The minimum atomic E-state index is -0.410. The highest BCUT2D eigenvalue weighted by molar-refractivity contribution is 5.69. The zero-order valence-corrected chi connectivity index (χ0v) is 12.5. The van der Waals surface area contributed by atoms with Crippen LogP contribution in [0.1, 0.15) is 20.3 Å². The lowest BCUT2D eigenvalue weighted by molar-refractivity contribution is -0.385. The average Bonchev–Trinajstić information content (AvgIpc) is 2.42. The fourth-order valence-corrected chi connectivity index (χ4v) is 1.96. The Bertz CT molecular complexity index is 463. The molecule has 1 atom stereocenters. The number of nitrogens with two attached hydrogens (primary N) is 1. The van der Waals surface area contributed by atoms with Gasteiger partial charge in [0, 0.05) is 19.6 Å². The fourth-order valence-electron chi connectivity index (χ4n) is 1.96. The third kappa shape index (κ3) is 3.84. The third-order valence-electron chi connectivity index (χ3n) is 3.45. The molecule has 112 valence electrons. The van der Waals surface area contributed by atoms with Gasteiger partial charge in [0.1, 0.15) is 5.69 Å². The first-order valence-electron chi connectivity index (χ1n) is 6.66. The zero-order chi connectivity index (χ0) is 15.3. The monoisotopic (exact) mass is 281 g/mol. The number of benzene rings is 1. The van der Waals surface area contributed by atoms with Crippen LogP contribution in [-0.4, -0.2) is 31.7 Å². The Hall–Kier alpha value is -1.82. The highest BCUT2D eigenvalue weighted by atomic mass is 16.6. The molecule has 1 rings (SSSR count). The highest BCUT2D eigenvalue weighted by Crippen LogP contribution is 2.36. The van der Waals surface area contributed by atoms with Crippen LogP contribution in [0.4, 0.5) is 11.4 Å². The Labute approximate surface area is 119 Å². The lowest BCUT2D eigenvalue weighted by Gasteiger charge is -2.23. The van der Waals surface area contributed by atoms with Crippen LogP contribution < -0.4 is 15.4 Å². The van der Waals surface area contributed by atoms with Crippen LogP contribution in [0.5, 0.6) is 5.75 Å². The third-order valence-corrected chi connectivity index (χ3v) is 3.45. The van der Waals surface area contributed by atoms with Crippen LogP contribution in [0.15, 0.2) is 18.2 Å². The van der Waals surface area contributed by atoms with Gasteiger partial charge in [-0.3, -0.25) is 10.1 Å². The van der Waals surface area contributed by atoms with Gasteiger partial charge in [0.05, 0.1) is 12.0 Å². The molecule has 0 amide bonds. The second kappa shape index (κ2) is 7.09. The molecule has 0 aromatic heterocycles. The Kier molecular flexibility index (Phi) is 5.76. The molecule has 0 bridgehead atoms. The topological polar surface area (TPSA) is 81.6 Å². The van der Waals surface area contributed by atoms with Gasteiger partial charge in [-0.2, -0.15) is 0 Å². The van der Waals surface area contributed by atoms with Crippen LogP contribution in [0.25, 0.3) is 0 Å². The number of nitro groups is 1. The molecule has 20 heavy (non-hydrogen) atoms. The summed E-state index contributed by atoms with van der Waals surface area (Å²) in [7, 11) is 3.26. The van der Waals surface area contributed by atoms with Crippen molar-refractivity contribution in [1.82, 2.24) is 0 Å². The van der Waals surface area contributed by atoms with E-state index < -0.39 is 4.92 Å². The second-order valence-electron chi connectivity index (χ2n) is 5.20. The quantitative estimate of drug-likeness (QED) is 0.613. The summed E-state index contributed by atoms with van der Waals surface area (Å²) < 4.78 is 5.07. The maximum atomic E-state index is 11.2. The molecule has 1 aromatic carbocycles. The summed E-state index contributed by atoms with van der Waals surface area (Å²) in [5.41, 5.74) is 6.55. The molecule has 0 saturated carbocycles. The van der Waals surface area contributed by atoms with E-state index in [0.717, 1.165) is 6.42 Å². The van der Waals surface area contributed by atoms with Crippen LogP contribution in [0, 0.1) is 16.0 Å². The maximum absolute atomic E-state index is 11.2. The van der Waals surface area contributed by atoms with Crippen LogP contribution >= 0.6 is 0 Å². The lowest BCUT2D eigenvalue weighted by atomic mass is 10.0. The van der Waals surface area contributed by atoms with E-state index in [4.69, 9.17) is 10.5 Å². The molecule has 2 N–H and O–H groups in total. The molecule has 6 heteroatoms. The van der Waals surface area contributed by atoms with Gasteiger partial charge in [-0.1, -0.05) is 19.9 Å². The van der Waals surface area contributed by atoms with E-state index >= 15 is 0 Å². The fraction of sp³-hybridized carbons (Fsp3) is 0.571.